The predicted molar refractivity (Wildman–Crippen MR) is 145 cm³/mol. The van der Waals surface area contributed by atoms with Gasteiger partial charge in [-0.25, -0.2) is 9.18 Å². The number of hydrogen-bond acceptors (Lipinski definition) is 5. The molecule has 0 radical (unpaired) electrons. The second-order valence-corrected chi connectivity index (χ2v) is 9.85. The molecule has 2 aromatic heterocycles. The number of aromatic nitrogens is 3. The summed E-state index contributed by atoms with van der Waals surface area (Å²) in [5.74, 6) is -0.404. The summed E-state index contributed by atoms with van der Waals surface area (Å²) in [7, 11) is 1.51. The number of anilines is 3. The summed E-state index contributed by atoms with van der Waals surface area (Å²) < 4.78 is 18.6. The standard InChI is InChI=1S/C25H24FN5O3.C3H6/c1-13-7-10-19(18(26)11-13)28-22-20-21(14(2)23(32)29(22)3)30(17-6-4-5-15(27)12-17)25(34)31(24(20)33)16-8-9-16;1-2-3-1/h4-7,10-12,16,28H,8-9,27H2,1-3H3;1-3H2. The Morgan fingerprint density at radius 3 is 2.27 bits per heavy atom. The normalized spacial score (nSPS) is 14.3. The van der Waals surface area contributed by atoms with Crippen LogP contribution in [0.25, 0.3) is 16.6 Å². The number of rotatable bonds is 4. The van der Waals surface area contributed by atoms with Crippen molar-refractivity contribution >= 4 is 28.1 Å². The van der Waals surface area contributed by atoms with Crippen LogP contribution in [-0.2, 0) is 7.05 Å². The van der Waals surface area contributed by atoms with Crippen LogP contribution in [-0.4, -0.2) is 13.7 Å². The molecule has 0 unspecified atom stereocenters. The topological polar surface area (TPSA) is 104 Å². The van der Waals surface area contributed by atoms with E-state index in [2.05, 4.69) is 5.32 Å². The average molecular weight is 504 g/mol. The van der Waals surface area contributed by atoms with Crippen LogP contribution in [0.1, 0.15) is 49.3 Å². The number of nitrogen functional groups attached to an aromatic ring is 1. The second kappa shape index (κ2) is 9.38. The Morgan fingerprint density at radius 2 is 1.68 bits per heavy atom. The van der Waals surface area contributed by atoms with Crippen molar-refractivity contribution in [2.45, 2.75) is 52.0 Å². The minimum atomic E-state index is -0.533. The zero-order valence-corrected chi connectivity index (χ0v) is 21.2. The number of nitrogens with two attached hydrogens (primary N) is 1. The molecule has 6 rings (SSSR count). The van der Waals surface area contributed by atoms with Gasteiger partial charge >= 0.3 is 5.69 Å². The number of fused-ring (bicyclic) bond motifs is 1. The zero-order valence-electron chi connectivity index (χ0n) is 21.2. The van der Waals surface area contributed by atoms with Crippen LogP contribution in [0.15, 0.2) is 56.8 Å². The molecule has 0 bridgehead atoms. The van der Waals surface area contributed by atoms with Gasteiger partial charge in [-0.05, 0) is 62.6 Å². The maximum absolute atomic E-state index is 14.7. The van der Waals surface area contributed by atoms with E-state index in [1.165, 1.54) is 46.1 Å². The molecule has 192 valence electrons. The third kappa shape index (κ3) is 4.57. The van der Waals surface area contributed by atoms with Crippen LogP contribution in [0.2, 0.25) is 0 Å². The Balaban J connectivity index is 0.000000872. The van der Waals surface area contributed by atoms with Gasteiger partial charge in [0, 0.05) is 24.3 Å². The van der Waals surface area contributed by atoms with E-state index in [4.69, 9.17) is 5.73 Å². The fourth-order valence-corrected chi connectivity index (χ4v) is 4.37. The van der Waals surface area contributed by atoms with Gasteiger partial charge in [-0.15, -0.1) is 0 Å². The highest BCUT2D eigenvalue weighted by Crippen LogP contribution is 2.34. The summed E-state index contributed by atoms with van der Waals surface area (Å²) in [6.07, 6.45) is 5.91. The van der Waals surface area contributed by atoms with Crippen molar-refractivity contribution in [2.24, 2.45) is 7.05 Å². The highest BCUT2D eigenvalue weighted by molar-refractivity contribution is 5.93. The summed E-state index contributed by atoms with van der Waals surface area (Å²) in [6.45, 7) is 3.34. The van der Waals surface area contributed by atoms with E-state index < -0.39 is 22.6 Å². The Bertz CT molecular complexity index is 1710. The summed E-state index contributed by atoms with van der Waals surface area (Å²) in [5, 5.41) is 3.08. The first-order chi connectivity index (χ1) is 17.7. The van der Waals surface area contributed by atoms with E-state index in [9.17, 15) is 18.8 Å². The molecule has 0 amide bonds. The highest BCUT2D eigenvalue weighted by atomic mass is 19.1. The maximum Gasteiger partial charge on any atom is 0.336 e. The molecule has 2 saturated carbocycles. The molecule has 2 aliphatic carbocycles. The van der Waals surface area contributed by atoms with Gasteiger partial charge in [0.1, 0.15) is 17.0 Å². The van der Waals surface area contributed by atoms with E-state index in [1.54, 1.807) is 50.2 Å². The first-order valence-electron chi connectivity index (χ1n) is 12.5. The SMILES string of the molecule is C1CC1.Cc1ccc(Nc2c3c(=O)n(C4CC4)c(=O)n(-c4cccc(N)c4)c3c(C)c(=O)n2C)c(F)c1. The van der Waals surface area contributed by atoms with Crippen molar-refractivity contribution < 1.29 is 4.39 Å². The molecule has 2 heterocycles. The molecule has 9 heteroatoms. The summed E-state index contributed by atoms with van der Waals surface area (Å²) in [6, 6.07) is 11.1. The third-order valence-electron chi connectivity index (χ3n) is 6.61. The molecule has 0 saturated heterocycles. The monoisotopic (exact) mass is 503 g/mol. The van der Waals surface area contributed by atoms with Crippen molar-refractivity contribution in [3.8, 4) is 5.69 Å². The molecule has 0 aliphatic heterocycles. The largest absolute Gasteiger partial charge is 0.399 e. The lowest BCUT2D eigenvalue weighted by atomic mass is 10.1. The van der Waals surface area contributed by atoms with Crippen molar-refractivity contribution in [2.75, 3.05) is 11.1 Å². The van der Waals surface area contributed by atoms with E-state index in [1.807, 2.05) is 0 Å². The number of aryl methyl sites for hydroxylation is 2. The van der Waals surface area contributed by atoms with Gasteiger partial charge in [-0.3, -0.25) is 23.3 Å². The van der Waals surface area contributed by atoms with E-state index in [0.29, 0.717) is 24.2 Å². The molecular weight excluding hydrogens is 473 g/mol. The lowest BCUT2D eigenvalue weighted by Gasteiger charge is -2.20. The number of nitrogens with one attached hydrogen (secondary N) is 1. The summed E-state index contributed by atoms with van der Waals surface area (Å²) in [5.41, 5.74) is 6.64. The van der Waals surface area contributed by atoms with Gasteiger partial charge in [0.15, 0.2) is 0 Å². The molecule has 0 spiro atoms. The van der Waals surface area contributed by atoms with Gasteiger partial charge in [0.05, 0.1) is 16.9 Å². The number of halogens is 1. The summed E-state index contributed by atoms with van der Waals surface area (Å²) in [4.78, 5) is 40.5. The lowest BCUT2D eigenvalue weighted by Crippen LogP contribution is -2.41. The van der Waals surface area contributed by atoms with E-state index in [-0.39, 0.29) is 34.0 Å². The van der Waals surface area contributed by atoms with Crippen LogP contribution in [0.4, 0.5) is 21.6 Å². The quantitative estimate of drug-likeness (QED) is 0.401. The Labute approximate surface area is 212 Å². The second-order valence-electron chi connectivity index (χ2n) is 9.85. The molecule has 8 nitrogen and oxygen atoms in total. The number of hydrogen-bond donors (Lipinski definition) is 2. The zero-order chi connectivity index (χ0) is 26.4. The van der Waals surface area contributed by atoms with Crippen molar-refractivity contribution in [3.05, 3.63) is 90.6 Å². The number of nitrogens with zero attached hydrogens (tertiary/aromatic N) is 3. The molecule has 37 heavy (non-hydrogen) atoms. The molecule has 4 aromatic rings. The van der Waals surface area contributed by atoms with Gasteiger partial charge in [-0.1, -0.05) is 31.4 Å². The minimum Gasteiger partial charge on any atom is -0.399 e. The van der Waals surface area contributed by atoms with Crippen LogP contribution in [0.5, 0.6) is 0 Å². The smallest absolute Gasteiger partial charge is 0.336 e. The van der Waals surface area contributed by atoms with Crippen LogP contribution in [0.3, 0.4) is 0 Å². The molecule has 3 N–H and O–H groups in total. The predicted octanol–water partition coefficient (Wildman–Crippen LogP) is 4.44. The fourth-order valence-electron chi connectivity index (χ4n) is 4.37. The van der Waals surface area contributed by atoms with Crippen molar-refractivity contribution in [3.63, 3.8) is 0 Å². The molecular formula is C28H30FN5O3. The van der Waals surface area contributed by atoms with Crippen LogP contribution < -0.4 is 27.9 Å². The molecule has 2 aromatic carbocycles. The maximum atomic E-state index is 14.7. The van der Waals surface area contributed by atoms with Crippen molar-refractivity contribution in [1.82, 2.24) is 13.7 Å². The van der Waals surface area contributed by atoms with Gasteiger partial charge < -0.3 is 11.1 Å². The van der Waals surface area contributed by atoms with Gasteiger partial charge in [-0.2, -0.15) is 0 Å². The average Bonchev–Trinajstić information content (AvgIpc) is 3.75. The van der Waals surface area contributed by atoms with Crippen molar-refractivity contribution in [1.29, 1.82) is 0 Å². The van der Waals surface area contributed by atoms with Crippen LogP contribution in [0, 0.1) is 19.7 Å². The van der Waals surface area contributed by atoms with Gasteiger partial charge in [0.2, 0.25) is 0 Å². The van der Waals surface area contributed by atoms with E-state index in [0.717, 1.165) is 5.56 Å². The Morgan fingerprint density at radius 1 is 0.973 bits per heavy atom. The minimum absolute atomic E-state index is 0.116. The number of pyridine rings is 1. The van der Waals surface area contributed by atoms with Crippen LogP contribution >= 0.6 is 0 Å². The highest BCUT2D eigenvalue weighted by Gasteiger charge is 2.31. The molecule has 2 fully saturated rings. The number of benzene rings is 2. The lowest BCUT2D eigenvalue weighted by molar-refractivity contribution is 0.630. The first-order valence-corrected chi connectivity index (χ1v) is 12.5. The fraction of sp³-hybridized carbons (Fsp3) is 0.321. The van der Waals surface area contributed by atoms with Gasteiger partial charge in [0.25, 0.3) is 11.1 Å². The molecule has 0 atom stereocenters. The Hall–Kier alpha value is -4.14. The van der Waals surface area contributed by atoms with E-state index >= 15 is 0 Å². The first kappa shape index (κ1) is 24.5. The molecule has 2 aliphatic rings. The summed E-state index contributed by atoms with van der Waals surface area (Å²) >= 11 is 0. The third-order valence-corrected chi connectivity index (χ3v) is 6.61. The Kier molecular flexibility index (Phi) is 6.23.